The fraction of sp³-hybridized carbons (Fsp3) is 0.385. The molecular formula is C13H17ClN4O. The lowest BCUT2D eigenvalue weighted by Gasteiger charge is -2.21. The molecule has 0 spiro atoms. The molecule has 1 aliphatic heterocycles. The minimum Gasteiger partial charge on any atom is -0.326 e. The summed E-state index contributed by atoms with van der Waals surface area (Å²) in [5.74, 6) is 0.0753. The van der Waals surface area contributed by atoms with Crippen LogP contribution in [-0.4, -0.2) is 29.2 Å². The summed E-state index contributed by atoms with van der Waals surface area (Å²) in [6.45, 7) is 3.64. The number of aromatic amines is 1. The third-order valence-electron chi connectivity index (χ3n) is 3.62. The molecule has 6 heteroatoms. The maximum absolute atomic E-state index is 12.2. The number of fused-ring (bicyclic) bond motifs is 1. The molecule has 1 fully saturated rings. The monoisotopic (exact) mass is 280 g/mol. The number of rotatable bonds is 2. The van der Waals surface area contributed by atoms with E-state index in [0.29, 0.717) is 0 Å². The van der Waals surface area contributed by atoms with Gasteiger partial charge in [-0.15, -0.1) is 12.4 Å². The van der Waals surface area contributed by atoms with Crippen LogP contribution in [0.2, 0.25) is 0 Å². The number of carbonyl (C=O) groups excluding carboxylic acids is 1. The zero-order chi connectivity index (χ0) is 12.6. The second-order valence-electron chi connectivity index (χ2n) is 5.11. The molecule has 0 bridgehead atoms. The summed E-state index contributed by atoms with van der Waals surface area (Å²) in [6, 6.07) is 5.76. The number of hydrogen-bond acceptors (Lipinski definition) is 3. The van der Waals surface area contributed by atoms with Gasteiger partial charge in [-0.3, -0.25) is 9.89 Å². The second-order valence-corrected chi connectivity index (χ2v) is 5.11. The molecule has 3 N–H and O–H groups in total. The van der Waals surface area contributed by atoms with Gasteiger partial charge < -0.3 is 10.6 Å². The van der Waals surface area contributed by atoms with Gasteiger partial charge in [0.25, 0.3) is 0 Å². The van der Waals surface area contributed by atoms with Crippen LogP contribution in [0, 0.1) is 5.41 Å². The lowest BCUT2D eigenvalue weighted by molar-refractivity contribution is -0.123. The Morgan fingerprint density at radius 3 is 3.05 bits per heavy atom. The van der Waals surface area contributed by atoms with E-state index in [9.17, 15) is 4.79 Å². The number of nitrogens with one attached hydrogen (secondary N) is 3. The second kappa shape index (κ2) is 5.19. The molecule has 102 valence electrons. The van der Waals surface area contributed by atoms with Crippen LogP contribution in [0.25, 0.3) is 10.9 Å². The molecule has 19 heavy (non-hydrogen) atoms. The van der Waals surface area contributed by atoms with Gasteiger partial charge in [-0.25, -0.2) is 0 Å². The van der Waals surface area contributed by atoms with Gasteiger partial charge in [0.1, 0.15) is 0 Å². The number of carbonyl (C=O) groups is 1. The summed E-state index contributed by atoms with van der Waals surface area (Å²) < 4.78 is 0. The first-order valence-electron chi connectivity index (χ1n) is 6.13. The number of anilines is 1. The van der Waals surface area contributed by atoms with Crippen molar-refractivity contribution in [2.45, 2.75) is 13.3 Å². The number of amides is 1. The topological polar surface area (TPSA) is 69.8 Å². The average Bonchev–Trinajstić information content (AvgIpc) is 2.98. The van der Waals surface area contributed by atoms with Crippen LogP contribution in [0.1, 0.15) is 13.3 Å². The SMILES string of the molecule is CC1(C(=O)Nc2ccc3cn[nH]c3c2)CCNC1.Cl. The van der Waals surface area contributed by atoms with Gasteiger partial charge in [0, 0.05) is 17.6 Å². The maximum atomic E-state index is 12.2. The fourth-order valence-electron chi connectivity index (χ4n) is 2.31. The Hall–Kier alpha value is -1.59. The van der Waals surface area contributed by atoms with Crippen LogP contribution in [0.4, 0.5) is 5.69 Å². The van der Waals surface area contributed by atoms with Crippen molar-refractivity contribution in [3.63, 3.8) is 0 Å². The first-order chi connectivity index (χ1) is 8.67. The molecule has 1 unspecified atom stereocenters. The molecule has 2 heterocycles. The lowest BCUT2D eigenvalue weighted by atomic mass is 9.89. The zero-order valence-electron chi connectivity index (χ0n) is 10.7. The summed E-state index contributed by atoms with van der Waals surface area (Å²) >= 11 is 0. The highest BCUT2D eigenvalue weighted by Crippen LogP contribution is 2.27. The van der Waals surface area contributed by atoms with E-state index in [-0.39, 0.29) is 23.7 Å². The van der Waals surface area contributed by atoms with Gasteiger partial charge in [0.15, 0.2) is 0 Å². The molecule has 0 saturated carbocycles. The van der Waals surface area contributed by atoms with Crippen molar-refractivity contribution in [2.75, 3.05) is 18.4 Å². The van der Waals surface area contributed by atoms with Gasteiger partial charge in [-0.2, -0.15) is 5.10 Å². The molecule has 0 radical (unpaired) electrons. The van der Waals surface area contributed by atoms with Crippen LogP contribution in [-0.2, 0) is 4.79 Å². The molecule has 3 rings (SSSR count). The average molecular weight is 281 g/mol. The minimum atomic E-state index is -0.303. The first kappa shape index (κ1) is 13.8. The third kappa shape index (κ3) is 2.57. The molecule has 0 aliphatic carbocycles. The lowest BCUT2D eigenvalue weighted by Crippen LogP contribution is -2.35. The van der Waals surface area contributed by atoms with Crippen molar-refractivity contribution in [3.8, 4) is 0 Å². The molecular weight excluding hydrogens is 264 g/mol. The van der Waals surface area contributed by atoms with E-state index in [4.69, 9.17) is 0 Å². The largest absolute Gasteiger partial charge is 0.326 e. The van der Waals surface area contributed by atoms with E-state index < -0.39 is 0 Å². The number of H-pyrrole nitrogens is 1. The highest BCUT2D eigenvalue weighted by atomic mass is 35.5. The quantitative estimate of drug-likeness (QED) is 0.787. The van der Waals surface area contributed by atoms with Crippen molar-refractivity contribution in [2.24, 2.45) is 5.41 Å². The molecule has 1 atom stereocenters. The first-order valence-corrected chi connectivity index (χ1v) is 6.13. The van der Waals surface area contributed by atoms with Gasteiger partial charge in [-0.05, 0) is 38.1 Å². The van der Waals surface area contributed by atoms with Crippen LogP contribution < -0.4 is 10.6 Å². The van der Waals surface area contributed by atoms with E-state index in [1.54, 1.807) is 6.20 Å². The van der Waals surface area contributed by atoms with Crippen LogP contribution in [0.3, 0.4) is 0 Å². The Morgan fingerprint density at radius 1 is 1.47 bits per heavy atom. The van der Waals surface area contributed by atoms with Crippen molar-refractivity contribution in [1.82, 2.24) is 15.5 Å². The van der Waals surface area contributed by atoms with E-state index >= 15 is 0 Å². The summed E-state index contributed by atoms with van der Waals surface area (Å²) in [5, 5.41) is 14.1. The van der Waals surface area contributed by atoms with Crippen molar-refractivity contribution < 1.29 is 4.79 Å². The molecule has 1 saturated heterocycles. The Labute approximate surface area is 117 Å². The van der Waals surface area contributed by atoms with Crippen molar-refractivity contribution in [1.29, 1.82) is 0 Å². The summed E-state index contributed by atoms with van der Waals surface area (Å²) in [7, 11) is 0. The number of nitrogens with zero attached hydrogens (tertiary/aromatic N) is 1. The molecule has 5 nitrogen and oxygen atoms in total. The Morgan fingerprint density at radius 2 is 2.32 bits per heavy atom. The van der Waals surface area contributed by atoms with E-state index in [2.05, 4.69) is 20.8 Å². The molecule has 2 aromatic rings. The maximum Gasteiger partial charge on any atom is 0.231 e. The Balaban J connectivity index is 0.00000133. The smallest absolute Gasteiger partial charge is 0.231 e. The van der Waals surface area contributed by atoms with Crippen LogP contribution >= 0.6 is 12.4 Å². The van der Waals surface area contributed by atoms with E-state index in [1.165, 1.54) is 0 Å². The Kier molecular flexibility index (Phi) is 3.78. The predicted molar refractivity (Wildman–Crippen MR) is 77.6 cm³/mol. The Bertz CT molecular complexity index is 589. The van der Waals surface area contributed by atoms with Crippen LogP contribution in [0.5, 0.6) is 0 Å². The van der Waals surface area contributed by atoms with Gasteiger partial charge in [0.05, 0.1) is 17.1 Å². The standard InChI is InChI=1S/C13H16N4O.ClH/c1-13(4-5-14-8-13)12(18)16-10-3-2-9-7-15-17-11(9)6-10;/h2-3,6-7,14H,4-5,8H2,1H3,(H,15,17)(H,16,18);1H. The number of hydrogen-bond donors (Lipinski definition) is 3. The van der Waals surface area contributed by atoms with Crippen LogP contribution in [0.15, 0.2) is 24.4 Å². The minimum absolute atomic E-state index is 0. The number of benzene rings is 1. The third-order valence-corrected chi connectivity index (χ3v) is 3.62. The molecule has 1 aromatic carbocycles. The molecule has 1 aliphatic rings. The predicted octanol–water partition coefficient (Wildman–Crippen LogP) is 1.92. The number of aromatic nitrogens is 2. The van der Waals surface area contributed by atoms with Gasteiger partial charge >= 0.3 is 0 Å². The summed E-state index contributed by atoms with van der Waals surface area (Å²) in [6.07, 6.45) is 2.65. The molecule has 1 amide bonds. The van der Waals surface area contributed by atoms with Crippen molar-refractivity contribution >= 4 is 34.9 Å². The highest BCUT2D eigenvalue weighted by Gasteiger charge is 2.36. The van der Waals surface area contributed by atoms with E-state index in [0.717, 1.165) is 36.1 Å². The van der Waals surface area contributed by atoms with Gasteiger partial charge in [-0.1, -0.05) is 0 Å². The van der Waals surface area contributed by atoms with Gasteiger partial charge in [0.2, 0.25) is 5.91 Å². The highest BCUT2D eigenvalue weighted by molar-refractivity contribution is 5.97. The normalized spacial score (nSPS) is 22.2. The molecule has 1 aromatic heterocycles. The fourth-order valence-corrected chi connectivity index (χ4v) is 2.31. The zero-order valence-corrected chi connectivity index (χ0v) is 11.5. The summed E-state index contributed by atoms with van der Waals surface area (Å²) in [4.78, 5) is 12.2. The number of halogens is 1. The summed E-state index contributed by atoms with van der Waals surface area (Å²) in [5.41, 5.74) is 1.44. The van der Waals surface area contributed by atoms with Crippen molar-refractivity contribution in [3.05, 3.63) is 24.4 Å². The van der Waals surface area contributed by atoms with E-state index in [1.807, 2.05) is 25.1 Å².